The van der Waals surface area contributed by atoms with E-state index >= 15 is 0 Å². The average molecular weight is 293 g/mol. The van der Waals surface area contributed by atoms with Crippen LogP contribution >= 0.6 is 11.3 Å². The average Bonchev–Trinajstić information content (AvgIpc) is 3.06. The number of carbonyl (C=O) groups is 1. The van der Waals surface area contributed by atoms with Gasteiger partial charge in [-0.3, -0.25) is 20.2 Å². The molecule has 1 fully saturated rings. The molecule has 1 aliphatic heterocycles. The van der Waals surface area contributed by atoms with Crippen molar-refractivity contribution in [2.45, 2.75) is 18.9 Å². The quantitative estimate of drug-likeness (QED) is 0.692. The van der Waals surface area contributed by atoms with E-state index in [9.17, 15) is 14.9 Å². The van der Waals surface area contributed by atoms with E-state index in [1.807, 2.05) is 0 Å². The highest BCUT2D eigenvalue weighted by molar-refractivity contribution is 7.22. The lowest BCUT2D eigenvalue weighted by Gasteiger charge is -2.07. The molecule has 1 amide bonds. The largest absolute Gasteiger partial charge is 0.368 e. The molecule has 7 nitrogen and oxygen atoms in total. The zero-order valence-corrected chi connectivity index (χ0v) is 11.2. The summed E-state index contributed by atoms with van der Waals surface area (Å²) < 4.78 is 5.96. The van der Waals surface area contributed by atoms with Gasteiger partial charge in [-0.15, -0.1) is 0 Å². The van der Waals surface area contributed by atoms with Gasteiger partial charge in [0.2, 0.25) is 0 Å². The summed E-state index contributed by atoms with van der Waals surface area (Å²) >= 11 is 1.21. The number of hydrogen-bond acceptors (Lipinski definition) is 6. The smallest absolute Gasteiger partial charge is 0.270 e. The standard InChI is InChI=1S/C12H11N3O4S/c16-11(9-2-1-5-19-9)14-12-13-8-4-3-7(15(17)18)6-10(8)20-12/h3-4,6,9H,1-2,5H2,(H,13,14,16)/t9-/m0/s1. The first-order chi connectivity index (χ1) is 9.63. The van der Waals surface area contributed by atoms with Crippen molar-refractivity contribution in [2.24, 2.45) is 0 Å². The number of non-ortho nitro benzene ring substituents is 1. The Hall–Kier alpha value is -2.06. The van der Waals surface area contributed by atoms with E-state index < -0.39 is 11.0 Å². The Morgan fingerprint density at radius 3 is 3.10 bits per heavy atom. The molecule has 1 N–H and O–H groups in total. The van der Waals surface area contributed by atoms with Crippen LogP contribution < -0.4 is 5.32 Å². The third-order valence-electron chi connectivity index (χ3n) is 3.04. The SMILES string of the molecule is O=C(Nc1nc2ccc([N+](=O)[O-])cc2s1)[C@@H]1CCCO1. The van der Waals surface area contributed by atoms with Gasteiger partial charge in [0, 0.05) is 18.7 Å². The van der Waals surface area contributed by atoms with E-state index in [2.05, 4.69) is 10.3 Å². The predicted molar refractivity (Wildman–Crippen MR) is 73.9 cm³/mol. The Balaban J connectivity index is 1.81. The monoisotopic (exact) mass is 293 g/mol. The number of nitro benzene ring substituents is 1. The number of ether oxygens (including phenoxy) is 1. The van der Waals surface area contributed by atoms with Gasteiger partial charge < -0.3 is 4.74 Å². The maximum atomic E-state index is 11.9. The summed E-state index contributed by atoms with van der Waals surface area (Å²) in [6.07, 6.45) is 1.17. The van der Waals surface area contributed by atoms with Crippen molar-refractivity contribution in [3.8, 4) is 0 Å². The first kappa shape index (κ1) is 12.9. The molecule has 0 saturated carbocycles. The minimum Gasteiger partial charge on any atom is -0.368 e. The summed E-state index contributed by atoms with van der Waals surface area (Å²) in [5, 5.41) is 13.8. The normalized spacial score (nSPS) is 18.3. The lowest BCUT2D eigenvalue weighted by molar-refractivity contribution is -0.384. The first-order valence-electron chi connectivity index (χ1n) is 6.11. The van der Waals surface area contributed by atoms with Gasteiger partial charge in [0.1, 0.15) is 6.10 Å². The molecule has 2 aromatic rings. The fourth-order valence-corrected chi connectivity index (χ4v) is 2.95. The van der Waals surface area contributed by atoms with Crippen LogP contribution in [-0.2, 0) is 9.53 Å². The molecule has 104 valence electrons. The number of aromatic nitrogens is 1. The van der Waals surface area contributed by atoms with Crippen LogP contribution in [0.4, 0.5) is 10.8 Å². The number of nitrogens with one attached hydrogen (secondary N) is 1. The summed E-state index contributed by atoms with van der Waals surface area (Å²) in [6.45, 7) is 0.601. The maximum absolute atomic E-state index is 11.9. The van der Waals surface area contributed by atoms with E-state index in [0.29, 0.717) is 28.4 Å². The Kier molecular flexibility index (Phi) is 3.33. The van der Waals surface area contributed by atoms with Crippen molar-refractivity contribution in [3.63, 3.8) is 0 Å². The molecule has 8 heteroatoms. The number of rotatable bonds is 3. The van der Waals surface area contributed by atoms with Crippen LogP contribution in [0.2, 0.25) is 0 Å². The molecule has 1 aliphatic rings. The van der Waals surface area contributed by atoms with Crippen molar-refractivity contribution >= 4 is 38.3 Å². The van der Waals surface area contributed by atoms with Crippen LogP contribution in [0.25, 0.3) is 10.2 Å². The third-order valence-corrected chi connectivity index (χ3v) is 3.97. The van der Waals surface area contributed by atoms with Gasteiger partial charge in [-0.25, -0.2) is 4.98 Å². The van der Waals surface area contributed by atoms with Crippen molar-refractivity contribution in [3.05, 3.63) is 28.3 Å². The Labute approximate surface area is 117 Å². The van der Waals surface area contributed by atoms with Gasteiger partial charge in [0.15, 0.2) is 5.13 Å². The number of fused-ring (bicyclic) bond motifs is 1. The number of amides is 1. The highest BCUT2D eigenvalue weighted by atomic mass is 32.1. The molecule has 0 aliphatic carbocycles. The fourth-order valence-electron chi connectivity index (χ4n) is 2.05. The second-order valence-corrected chi connectivity index (χ2v) is 5.45. The molecule has 1 aromatic heterocycles. The summed E-state index contributed by atoms with van der Waals surface area (Å²) in [5.74, 6) is -0.212. The van der Waals surface area contributed by atoms with Gasteiger partial charge in [-0.05, 0) is 18.9 Å². The highest BCUT2D eigenvalue weighted by Crippen LogP contribution is 2.29. The highest BCUT2D eigenvalue weighted by Gasteiger charge is 2.24. The van der Waals surface area contributed by atoms with Crippen LogP contribution in [0.3, 0.4) is 0 Å². The van der Waals surface area contributed by atoms with E-state index in [1.165, 1.54) is 23.5 Å². The fraction of sp³-hybridized carbons (Fsp3) is 0.333. The molecular weight excluding hydrogens is 282 g/mol. The summed E-state index contributed by atoms with van der Waals surface area (Å²) in [5.41, 5.74) is 0.640. The molecule has 1 atom stereocenters. The third kappa shape index (κ3) is 2.47. The molecule has 0 unspecified atom stereocenters. The number of nitro groups is 1. The molecule has 0 radical (unpaired) electrons. The van der Waals surface area contributed by atoms with Crippen LogP contribution in [0.1, 0.15) is 12.8 Å². The van der Waals surface area contributed by atoms with E-state index in [-0.39, 0.29) is 11.6 Å². The minimum atomic E-state index is -0.455. The molecule has 2 heterocycles. The lowest BCUT2D eigenvalue weighted by Crippen LogP contribution is -2.26. The van der Waals surface area contributed by atoms with E-state index in [4.69, 9.17) is 4.74 Å². The number of hydrogen-bond donors (Lipinski definition) is 1. The van der Waals surface area contributed by atoms with Crippen LogP contribution in [0.5, 0.6) is 0 Å². The second-order valence-electron chi connectivity index (χ2n) is 4.42. The number of anilines is 1. The molecular formula is C12H11N3O4S. The maximum Gasteiger partial charge on any atom is 0.270 e. The summed E-state index contributed by atoms with van der Waals surface area (Å²) in [6, 6.07) is 4.42. The number of benzene rings is 1. The Morgan fingerprint density at radius 2 is 2.40 bits per heavy atom. The first-order valence-corrected chi connectivity index (χ1v) is 6.92. The lowest BCUT2D eigenvalue weighted by atomic mass is 10.2. The topological polar surface area (TPSA) is 94.4 Å². The molecule has 20 heavy (non-hydrogen) atoms. The predicted octanol–water partition coefficient (Wildman–Crippen LogP) is 2.32. The molecule has 3 rings (SSSR count). The second kappa shape index (κ2) is 5.14. The van der Waals surface area contributed by atoms with Crippen molar-refractivity contribution in [1.29, 1.82) is 0 Å². The zero-order chi connectivity index (χ0) is 14.1. The van der Waals surface area contributed by atoms with Crippen molar-refractivity contribution in [1.82, 2.24) is 4.98 Å². The van der Waals surface area contributed by atoms with Crippen LogP contribution in [0.15, 0.2) is 18.2 Å². The Bertz CT molecular complexity index is 678. The molecule has 1 saturated heterocycles. The van der Waals surface area contributed by atoms with E-state index in [0.717, 1.165) is 6.42 Å². The summed E-state index contributed by atoms with van der Waals surface area (Å²) in [4.78, 5) is 26.4. The molecule has 1 aromatic carbocycles. The van der Waals surface area contributed by atoms with Gasteiger partial charge in [-0.2, -0.15) is 0 Å². The van der Waals surface area contributed by atoms with Crippen LogP contribution in [0, 0.1) is 10.1 Å². The van der Waals surface area contributed by atoms with Gasteiger partial charge >= 0.3 is 0 Å². The number of carbonyl (C=O) groups excluding carboxylic acids is 1. The van der Waals surface area contributed by atoms with Crippen molar-refractivity contribution < 1.29 is 14.5 Å². The van der Waals surface area contributed by atoms with E-state index in [1.54, 1.807) is 6.07 Å². The Morgan fingerprint density at radius 1 is 1.55 bits per heavy atom. The molecule has 0 spiro atoms. The van der Waals surface area contributed by atoms with Crippen molar-refractivity contribution in [2.75, 3.05) is 11.9 Å². The van der Waals surface area contributed by atoms with Gasteiger partial charge in [-0.1, -0.05) is 11.3 Å². The van der Waals surface area contributed by atoms with Gasteiger partial charge in [0.25, 0.3) is 11.6 Å². The number of thiazole rings is 1. The minimum absolute atomic E-state index is 0.0122. The summed E-state index contributed by atoms with van der Waals surface area (Å²) in [7, 11) is 0. The number of nitrogens with zero attached hydrogens (tertiary/aromatic N) is 2. The van der Waals surface area contributed by atoms with Crippen LogP contribution in [-0.4, -0.2) is 28.5 Å². The van der Waals surface area contributed by atoms with Gasteiger partial charge in [0.05, 0.1) is 15.1 Å². The zero-order valence-electron chi connectivity index (χ0n) is 10.4. The molecule has 0 bridgehead atoms.